The maximum atomic E-state index is 13.0. The number of nitrogen functional groups attached to an aromatic ring is 1. The standard InChI is InChI=1S/C23H27N5O7/c1-3-4-9-28-20(24)19(21(30)26-23(28)32)27(10-11-33-2)18(29)13-34-22(31)16-7-5-15(6-8-16)17-12-25-14-35-17/h5-8,12,14H,3-4,9-11,13,24H2,1-2H3,(H,26,30,32). The molecule has 0 radical (unpaired) electrons. The van der Waals surface area contributed by atoms with Gasteiger partial charge in [0.25, 0.3) is 11.5 Å². The average Bonchev–Trinajstić information content (AvgIpc) is 3.39. The van der Waals surface area contributed by atoms with Crippen LogP contribution in [0.5, 0.6) is 0 Å². The molecule has 0 aliphatic heterocycles. The van der Waals surface area contributed by atoms with E-state index in [1.165, 1.54) is 30.2 Å². The normalized spacial score (nSPS) is 10.8. The maximum absolute atomic E-state index is 13.0. The summed E-state index contributed by atoms with van der Waals surface area (Å²) in [6.45, 7) is 1.60. The predicted molar refractivity (Wildman–Crippen MR) is 127 cm³/mol. The SMILES string of the molecule is CCCCn1c(N)c(N(CCOC)C(=O)COC(=O)c2ccc(-c3cnco3)cc2)c(=O)[nH]c1=O. The molecule has 0 fully saturated rings. The summed E-state index contributed by atoms with van der Waals surface area (Å²) in [5.74, 6) is -1.04. The highest BCUT2D eigenvalue weighted by Gasteiger charge is 2.25. The molecule has 0 spiro atoms. The van der Waals surface area contributed by atoms with E-state index in [0.29, 0.717) is 17.7 Å². The van der Waals surface area contributed by atoms with Crippen molar-refractivity contribution < 1.29 is 23.5 Å². The monoisotopic (exact) mass is 485 g/mol. The smallest absolute Gasteiger partial charge is 0.338 e. The fourth-order valence-corrected chi connectivity index (χ4v) is 3.34. The molecule has 3 aromatic rings. The fraction of sp³-hybridized carbons (Fsp3) is 0.348. The quantitative estimate of drug-likeness (QED) is 0.382. The zero-order valence-corrected chi connectivity index (χ0v) is 19.5. The van der Waals surface area contributed by atoms with E-state index >= 15 is 0 Å². The Morgan fingerprint density at radius 3 is 2.60 bits per heavy atom. The van der Waals surface area contributed by atoms with Gasteiger partial charge < -0.3 is 19.6 Å². The summed E-state index contributed by atoms with van der Waals surface area (Å²) in [6, 6.07) is 6.37. The molecular weight excluding hydrogens is 458 g/mol. The molecule has 12 nitrogen and oxygen atoms in total. The Bertz CT molecular complexity index is 1260. The molecule has 3 rings (SSSR count). The molecule has 1 amide bonds. The number of aromatic amines is 1. The summed E-state index contributed by atoms with van der Waals surface area (Å²) in [4.78, 5) is 57.4. The van der Waals surface area contributed by atoms with Crippen molar-refractivity contribution in [2.45, 2.75) is 26.3 Å². The molecule has 0 aliphatic carbocycles. The Hall–Kier alpha value is -4.19. The molecule has 3 N–H and O–H groups in total. The third kappa shape index (κ3) is 6.03. The number of ether oxygens (including phenoxy) is 2. The number of anilines is 2. The van der Waals surface area contributed by atoms with Crippen LogP contribution in [0, 0.1) is 0 Å². The van der Waals surface area contributed by atoms with E-state index in [4.69, 9.17) is 19.6 Å². The number of nitrogens with two attached hydrogens (primary N) is 1. The number of carbonyl (C=O) groups excluding carboxylic acids is 2. The van der Waals surface area contributed by atoms with Crippen molar-refractivity contribution >= 4 is 23.4 Å². The van der Waals surface area contributed by atoms with Gasteiger partial charge in [0.2, 0.25) is 0 Å². The minimum Gasteiger partial charge on any atom is -0.452 e. The molecule has 0 unspecified atom stereocenters. The number of benzene rings is 1. The summed E-state index contributed by atoms with van der Waals surface area (Å²) in [5.41, 5.74) is 5.38. The topological polar surface area (TPSA) is 163 Å². The lowest BCUT2D eigenvalue weighted by atomic mass is 10.1. The first kappa shape index (κ1) is 25.4. The minimum atomic E-state index is -0.820. The summed E-state index contributed by atoms with van der Waals surface area (Å²) in [6.07, 6.45) is 4.28. The van der Waals surface area contributed by atoms with Crippen molar-refractivity contribution in [3.8, 4) is 11.3 Å². The summed E-state index contributed by atoms with van der Waals surface area (Å²) in [7, 11) is 1.43. The molecule has 2 aromatic heterocycles. The number of carbonyl (C=O) groups is 2. The van der Waals surface area contributed by atoms with Gasteiger partial charge in [-0.3, -0.25) is 24.0 Å². The van der Waals surface area contributed by atoms with E-state index < -0.39 is 29.7 Å². The van der Waals surface area contributed by atoms with Crippen LogP contribution in [-0.4, -0.2) is 53.3 Å². The fourth-order valence-electron chi connectivity index (χ4n) is 3.34. The van der Waals surface area contributed by atoms with Crippen molar-refractivity contribution in [1.29, 1.82) is 0 Å². The zero-order chi connectivity index (χ0) is 25.4. The Kier molecular flexibility index (Phi) is 8.57. The molecule has 0 saturated carbocycles. The first-order valence-electron chi connectivity index (χ1n) is 10.9. The Balaban J connectivity index is 1.78. The van der Waals surface area contributed by atoms with Crippen molar-refractivity contribution in [2.24, 2.45) is 0 Å². The average molecular weight is 485 g/mol. The van der Waals surface area contributed by atoms with Crippen molar-refractivity contribution in [3.05, 3.63) is 63.3 Å². The third-order valence-corrected chi connectivity index (χ3v) is 5.20. The molecule has 0 aliphatic rings. The van der Waals surface area contributed by atoms with Crippen molar-refractivity contribution in [2.75, 3.05) is 37.5 Å². The summed E-state index contributed by atoms with van der Waals surface area (Å²) >= 11 is 0. The van der Waals surface area contributed by atoms with Gasteiger partial charge in [0.1, 0.15) is 5.82 Å². The predicted octanol–water partition coefficient (Wildman–Crippen LogP) is 1.41. The van der Waals surface area contributed by atoms with Gasteiger partial charge in [-0.25, -0.2) is 14.6 Å². The van der Waals surface area contributed by atoms with Crippen LogP contribution in [-0.2, 0) is 20.8 Å². The number of nitrogens with zero attached hydrogens (tertiary/aromatic N) is 3. The Labute approximate surface area is 200 Å². The van der Waals surface area contributed by atoms with Crippen molar-refractivity contribution in [3.63, 3.8) is 0 Å². The highest BCUT2D eigenvalue weighted by molar-refractivity contribution is 5.98. The van der Waals surface area contributed by atoms with E-state index in [9.17, 15) is 19.2 Å². The first-order valence-corrected chi connectivity index (χ1v) is 10.9. The van der Waals surface area contributed by atoms with Crippen molar-refractivity contribution in [1.82, 2.24) is 14.5 Å². The van der Waals surface area contributed by atoms with Crippen LogP contribution in [0.4, 0.5) is 11.5 Å². The third-order valence-electron chi connectivity index (χ3n) is 5.20. The van der Waals surface area contributed by atoms with Crippen LogP contribution in [0.15, 0.2) is 50.9 Å². The second-order valence-electron chi connectivity index (χ2n) is 7.56. The number of amides is 1. The van der Waals surface area contributed by atoms with Gasteiger partial charge in [-0.15, -0.1) is 0 Å². The number of esters is 1. The van der Waals surface area contributed by atoms with Gasteiger partial charge in [-0.1, -0.05) is 25.5 Å². The van der Waals surface area contributed by atoms with Gasteiger partial charge >= 0.3 is 11.7 Å². The minimum absolute atomic E-state index is 0.0436. The van der Waals surface area contributed by atoms with Gasteiger partial charge in [0.15, 0.2) is 24.4 Å². The van der Waals surface area contributed by atoms with Gasteiger partial charge in [0.05, 0.1) is 18.4 Å². The number of methoxy groups -OCH3 is 1. The van der Waals surface area contributed by atoms with Gasteiger partial charge in [-0.2, -0.15) is 0 Å². The molecule has 0 bridgehead atoms. The maximum Gasteiger partial charge on any atom is 0.338 e. The number of hydrogen-bond donors (Lipinski definition) is 2. The molecule has 35 heavy (non-hydrogen) atoms. The van der Waals surface area contributed by atoms with Crippen LogP contribution in [0.1, 0.15) is 30.1 Å². The number of oxazole rings is 1. The van der Waals surface area contributed by atoms with E-state index in [-0.39, 0.29) is 36.8 Å². The second-order valence-corrected chi connectivity index (χ2v) is 7.56. The summed E-state index contributed by atoms with van der Waals surface area (Å²) < 4.78 is 16.6. The zero-order valence-electron chi connectivity index (χ0n) is 19.5. The van der Waals surface area contributed by atoms with E-state index in [0.717, 1.165) is 11.3 Å². The van der Waals surface area contributed by atoms with Crippen LogP contribution in [0.2, 0.25) is 0 Å². The van der Waals surface area contributed by atoms with E-state index in [1.807, 2.05) is 6.92 Å². The number of hydrogen-bond acceptors (Lipinski definition) is 9. The highest BCUT2D eigenvalue weighted by atomic mass is 16.5. The Morgan fingerprint density at radius 1 is 1.23 bits per heavy atom. The van der Waals surface area contributed by atoms with Gasteiger partial charge in [0, 0.05) is 25.8 Å². The molecule has 0 saturated heterocycles. The number of H-pyrrole nitrogens is 1. The molecule has 2 heterocycles. The van der Waals surface area contributed by atoms with E-state index in [1.54, 1.807) is 18.3 Å². The lowest BCUT2D eigenvalue weighted by molar-refractivity contribution is -0.121. The second kappa shape index (κ2) is 11.8. The van der Waals surface area contributed by atoms with Crippen LogP contribution < -0.4 is 21.9 Å². The highest BCUT2D eigenvalue weighted by Crippen LogP contribution is 2.20. The lowest BCUT2D eigenvalue weighted by Gasteiger charge is -2.24. The Morgan fingerprint density at radius 2 is 1.97 bits per heavy atom. The number of rotatable bonds is 11. The van der Waals surface area contributed by atoms with Crippen LogP contribution in [0.25, 0.3) is 11.3 Å². The van der Waals surface area contributed by atoms with Crippen LogP contribution in [0.3, 0.4) is 0 Å². The number of nitrogens with one attached hydrogen (secondary N) is 1. The molecular formula is C23H27N5O7. The molecule has 0 atom stereocenters. The van der Waals surface area contributed by atoms with Gasteiger partial charge in [-0.05, 0) is 18.6 Å². The number of unbranched alkanes of at least 4 members (excludes halogenated alkanes) is 1. The first-order chi connectivity index (χ1) is 16.9. The largest absolute Gasteiger partial charge is 0.452 e. The van der Waals surface area contributed by atoms with Crippen LogP contribution >= 0.6 is 0 Å². The summed E-state index contributed by atoms with van der Waals surface area (Å²) in [5, 5.41) is 0. The molecule has 186 valence electrons. The van der Waals surface area contributed by atoms with E-state index in [2.05, 4.69) is 9.97 Å². The molecule has 12 heteroatoms. The number of aromatic nitrogens is 3. The lowest BCUT2D eigenvalue weighted by Crippen LogP contribution is -2.44. The molecule has 1 aromatic carbocycles.